The van der Waals surface area contributed by atoms with E-state index in [2.05, 4.69) is 10.3 Å². The van der Waals surface area contributed by atoms with Gasteiger partial charge in [-0.2, -0.15) is 5.26 Å². The van der Waals surface area contributed by atoms with Crippen molar-refractivity contribution in [1.29, 1.82) is 5.26 Å². The maximum atomic E-state index is 12.3. The van der Waals surface area contributed by atoms with E-state index in [1.54, 1.807) is 4.90 Å². The van der Waals surface area contributed by atoms with Crippen molar-refractivity contribution in [2.75, 3.05) is 18.4 Å². The van der Waals surface area contributed by atoms with Crippen LogP contribution in [0.4, 0.5) is 10.5 Å². The Morgan fingerprint density at radius 1 is 1.55 bits per heavy atom. The molecule has 2 heterocycles. The van der Waals surface area contributed by atoms with Crippen molar-refractivity contribution in [1.82, 2.24) is 9.88 Å². The number of aliphatic hydroxyl groups is 1. The first-order valence-electron chi connectivity index (χ1n) is 7.24. The van der Waals surface area contributed by atoms with Crippen molar-refractivity contribution in [3.05, 3.63) is 30.0 Å². The topological polar surface area (TPSA) is 92.2 Å². The minimum atomic E-state index is -1.08. The summed E-state index contributed by atoms with van der Waals surface area (Å²) in [5.41, 5.74) is 1.74. The summed E-state index contributed by atoms with van der Waals surface area (Å²) in [6, 6.07) is 9.42. The third kappa shape index (κ3) is 2.76. The summed E-state index contributed by atoms with van der Waals surface area (Å²) in [5, 5.41) is 22.8. The molecule has 2 aromatic rings. The largest absolute Gasteiger partial charge is 0.387 e. The number of carbonyl (C=O) groups is 1. The number of urea groups is 1. The zero-order chi connectivity index (χ0) is 15.7. The lowest BCUT2D eigenvalue weighted by Crippen LogP contribution is -2.38. The molecule has 22 heavy (non-hydrogen) atoms. The Kier molecular flexibility index (Phi) is 3.51. The molecule has 1 aliphatic heterocycles. The molecule has 3 N–H and O–H groups in total. The highest BCUT2D eigenvalue weighted by Crippen LogP contribution is 2.25. The lowest BCUT2D eigenvalue weighted by atomic mass is 10.0. The van der Waals surface area contributed by atoms with E-state index in [4.69, 9.17) is 5.26 Å². The van der Waals surface area contributed by atoms with Crippen LogP contribution in [0.15, 0.2) is 24.3 Å². The molecule has 1 atom stereocenters. The number of hydrogen-bond donors (Lipinski definition) is 3. The highest BCUT2D eigenvalue weighted by Gasteiger charge is 2.38. The van der Waals surface area contributed by atoms with E-state index in [1.807, 2.05) is 37.3 Å². The van der Waals surface area contributed by atoms with E-state index >= 15 is 0 Å². The molecule has 6 nitrogen and oxygen atoms in total. The van der Waals surface area contributed by atoms with Crippen molar-refractivity contribution in [2.45, 2.75) is 25.4 Å². The fraction of sp³-hybridized carbons (Fsp3) is 0.375. The van der Waals surface area contributed by atoms with Gasteiger partial charge in [0.25, 0.3) is 0 Å². The number of aryl methyl sites for hydroxylation is 1. The number of nitriles is 1. The first kappa shape index (κ1) is 14.4. The Balaban J connectivity index is 1.70. The summed E-state index contributed by atoms with van der Waals surface area (Å²) in [4.78, 5) is 17.0. The second-order valence-corrected chi connectivity index (χ2v) is 5.92. The van der Waals surface area contributed by atoms with Crippen LogP contribution < -0.4 is 5.32 Å². The average molecular weight is 298 g/mol. The van der Waals surface area contributed by atoms with Crippen LogP contribution in [0.5, 0.6) is 0 Å². The highest BCUT2D eigenvalue weighted by atomic mass is 16.3. The number of likely N-dealkylation sites (tertiary alicyclic amines) is 1. The average Bonchev–Trinajstić information content (AvgIpc) is 3.01. The molecule has 1 fully saturated rings. The number of nitrogens with zero attached hydrogens (tertiary/aromatic N) is 2. The molecule has 1 aromatic carbocycles. The predicted octanol–water partition coefficient (Wildman–Crippen LogP) is 2.36. The number of fused-ring (bicyclic) bond motifs is 1. The number of aromatic amines is 1. The van der Waals surface area contributed by atoms with Gasteiger partial charge in [-0.1, -0.05) is 0 Å². The smallest absolute Gasteiger partial charge is 0.321 e. The Morgan fingerprint density at radius 2 is 2.36 bits per heavy atom. The van der Waals surface area contributed by atoms with Gasteiger partial charge in [-0.25, -0.2) is 4.79 Å². The van der Waals surface area contributed by atoms with Gasteiger partial charge < -0.3 is 20.3 Å². The minimum absolute atomic E-state index is 0.0470. The van der Waals surface area contributed by atoms with Crippen molar-refractivity contribution >= 4 is 22.6 Å². The van der Waals surface area contributed by atoms with E-state index < -0.39 is 5.60 Å². The van der Waals surface area contributed by atoms with Gasteiger partial charge in [-0.15, -0.1) is 0 Å². The molecule has 0 saturated carbocycles. The third-order valence-electron chi connectivity index (χ3n) is 4.03. The van der Waals surface area contributed by atoms with E-state index in [1.165, 1.54) is 0 Å². The zero-order valence-corrected chi connectivity index (χ0v) is 12.4. The van der Waals surface area contributed by atoms with Crippen LogP contribution in [-0.4, -0.2) is 39.7 Å². The molecule has 0 aliphatic carbocycles. The summed E-state index contributed by atoms with van der Waals surface area (Å²) in [6.45, 7) is 2.63. The van der Waals surface area contributed by atoms with Crippen LogP contribution >= 0.6 is 0 Å². The van der Waals surface area contributed by atoms with Gasteiger partial charge in [0.05, 0.1) is 24.6 Å². The number of β-amino-alcohol motifs (C(OH)–C–C–N with tert-alkyl or cyclic N) is 1. The first-order valence-corrected chi connectivity index (χ1v) is 7.24. The standard InChI is InChI=1S/C16H18N4O2/c1-11-8-12-9-13(2-3-14(12)18-11)19-15(21)20-7-5-16(22,10-20)4-6-17/h2-3,8-9,18,22H,4-5,7,10H2,1H3,(H,19,21). The molecule has 1 aliphatic rings. The molecule has 2 amide bonds. The van der Waals surface area contributed by atoms with Crippen LogP contribution in [0.1, 0.15) is 18.5 Å². The summed E-state index contributed by atoms with van der Waals surface area (Å²) < 4.78 is 0. The van der Waals surface area contributed by atoms with Crippen LogP contribution in [0.3, 0.4) is 0 Å². The fourth-order valence-corrected chi connectivity index (χ4v) is 2.88. The number of hydrogen-bond acceptors (Lipinski definition) is 3. The number of H-pyrrole nitrogens is 1. The lowest BCUT2D eigenvalue weighted by Gasteiger charge is -2.21. The second kappa shape index (κ2) is 5.35. The van der Waals surface area contributed by atoms with Crippen molar-refractivity contribution < 1.29 is 9.90 Å². The molecule has 0 spiro atoms. The van der Waals surface area contributed by atoms with Crippen LogP contribution in [0, 0.1) is 18.3 Å². The van der Waals surface area contributed by atoms with Crippen LogP contribution in [-0.2, 0) is 0 Å². The third-order valence-corrected chi connectivity index (χ3v) is 4.03. The SMILES string of the molecule is Cc1cc2cc(NC(=O)N3CCC(O)(CC#N)C3)ccc2[nH]1. The van der Waals surface area contributed by atoms with Gasteiger partial charge in [0, 0.05) is 28.8 Å². The molecule has 114 valence electrons. The number of rotatable bonds is 2. The minimum Gasteiger partial charge on any atom is -0.387 e. The van der Waals surface area contributed by atoms with E-state index in [0.717, 1.165) is 16.6 Å². The summed E-state index contributed by atoms with van der Waals surface area (Å²) in [7, 11) is 0. The van der Waals surface area contributed by atoms with Gasteiger partial charge in [0.15, 0.2) is 0 Å². The number of nitrogens with one attached hydrogen (secondary N) is 2. The number of amides is 2. The lowest BCUT2D eigenvalue weighted by molar-refractivity contribution is 0.0578. The molecule has 6 heteroatoms. The molecule has 1 saturated heterocycles. The van der Waals surface area contributed by atoms with Crippen LogP contribution in [0.2, 0.25) is 0 Å². The van der Waals surface area contributed by atoms with E-state index in [-0.39, 0.29) is 19.0 Å². The fourth-order valence-electron chi connectivity index (χ4n) is 2.88. The van der Waals surface area contributed by atoms with Crippen molar-refractivity contribution in [3.63, 3.8) is 0 Å². The quantitative estimate of drug-likeness (QED) is 0.794. The predicted molar refractivity (Wildman–Crippen MR) is 83.4 cm³/mol. The summed E-state index contributed by atoms with van der Waals surface area (Å²) in [6.07, 6.45) is 0.482. The molecule has 0 bridgehead atoms. The molecule has 1 unspecified atom stereocenters. The Morgan fingerprint density at radius 3 is 3.14 bits per heavy atom. The van der Waals surface area contributed by atoms with Gasteiger partial charge in [0.2, 0.25) is 0 Å². The second-order valence-electron chi connectivity index (χ2n) is 5.92. The van der Waals surface area contributed by atoms with Gasteiger partial charge in [0.1, 0.15) is 0 Å². The Hall–Kier alpha value is -2.52. The monoisotopic (exact) mass is 298 g/mol. The van der Waals surface area contributed by atoms with Gasteiger partial charge in [-0.3, -0.25) is 0 Å². The number of carbonyl (C=O) groups excluding carboxylic acids is 1. The normalized spacial score (nSPS) is 21.0. The van der Waals surface area contributed by atoms with Crippen molar-refractivity contribution in [3.8, 4) is 6.07 Å². The maximum Gasteiger partial charge on any atom is 0.321 e. The van der Waals surface area contributed by atoms with E-state index in [0.29, 0.717) is 18.7 Å². The highest BCUT2D eigenvalue weighted by molar-refractivity contribution is 5.93. The number of aromatic nitrogens is 1. The van der Waals surface area contributed by atoms with Crippen molar-refractivity contribution in [2.24, 2.45) is 0 Å². The first-order chi connectivity index (χ1) is 10.5. The van der Waals surface area contributed by atoms with Crippen LogP contribution in [0.25, 0.3) is 10.9 Å². The molecule has 3 rings (SSSR count). The number of benzene rings is 1. The Bertz CT molecular complexity index is 761. The Labute approximate surface area is 128 Å². The summed E-state index contributed by atoms with van der Waals surface area (Å²) in [5.74, 6) is 0. The van der Waals surface area contributed by atoms with Gasteiger partial charge >= 0.3 is 6.03 Å². The number of anilines is 1. The van der Waals surface area contributed by atoms with E-state index in [9.17, 15) is 9.90 Å². The molecular weight excluding hydrogens is 280 g/mol. The molecule has 1 aromatic heterocycles. The molecule has 0 radical (unpaired) electrons. The molecular formula is C16H18N4O2. The van der Waals surface area contributed by atoms with Gasteiger partial charge in [-0.05, 0) is 37.6 Å². The maximum absolute atomic E-state index is 12.3. The zero-order valence-electron chi connectivity index (χ0n) is 12.4. The summed E-state index contributed by atoms with van der Waals surface area (Å²) >= 11 is 0.